The Hall–Kier alpha value is -0.770. The second-order valence-electron chi connectivity index (χ2n) is 5.85. The molecular formula is C19H20Br2FO2P. The van der Waals surface area contributed by atoms with E-state index in [0.717, 1.165) is 30.1 Å². The van der Waals surface area contributed by atoms with Crippen LogP contribution in [0.2, 0.25) is 0 Å². The summed E-state index contributed by atoms with van der Waals surface area (Å²) in [6.07, 6.45) is 3.64. The van der Waals surface area contributed by atoms with Crippen LogP contribution in [0.5, 0.6) is 5.75 Å². The number of esters is 1. The zero-order valence-corrected chi connectivity index (χ0v) is 18.5. The second-order valence-corrected chi connectivity index (χ2v) is 8.14. The number of rotatable bonds is 6. The van der Waals surface area contributed by atoms with E-state index in [1.165, 1.54) is 0 Å². The Kier molecular flexibility index (Phi) is 7.60. The van der Waals surface area contributed by atoms with Crippen molar-refractivity contribution in [3.63, 3.8) is 0 Å². The predicted octanol–water partition coefficient (Wildman–Crippen LogP) is 6.11. The highest BCUT2D eigenvalue weighted by atomic mass is 79.9. The van der Waals surface area contributed by atoms with E-state index in [0.29, 0.717) is 26.5 Å². The van der Waals surface area contributed by atoms with Gasteiger partial charge in [-0.1, -0.05) is 31.9 Å². The van der Waals surface area contributed by atoms with Crippen LogP contribution in [-0.4, -0.2) is 5.97 Å². The van der Waals surface area contributed by atoms with Gasteiger partial charge in [0.25, 0.3) is 0 Å². The molecule has 2 aromatic rings. The number of unbranched alkanes of at least 4 members (excludes halogenated alkanes) is 2. The molecule has 0 N–H and O–H groups in total. The predicted molar refractivity (Wildman–Crippen MR) is 111 cm³/mol. The fraction of sp³-hybridized carbons (Fsp3) is 0.316. The number of halogens is 3. The van der Waals surface area contributed by atoms with Gasteiger partial charge in [-0.2, -0.15) is 0 Å². The molecule has 0 spiro atoms. The molecule has 0 heterocycles. The van der Waals surface area contributed by atoms with E-state index in [4.69, 9.17) is 4.74 Å². The summed E-state index contributed by atoms with van der Waals surface area (Å²) in [6.45, 7) is 4.00. The molecule has 25 heavy (non-hydrogen) atoms. The van der Waals surface area contributed by atoms with Crippen molar-refractivity contribution in [2.24, 2.45) is 0 Å². The number of aryl methyl sites for hydroxylation is 2. The molecule has 134 valence electrons. The monoisotopic (exact) mass is 488 g/mol. The van der Waals surface area contributed by atoms with Crippen LogP contribution in [0.25, 0.3) is 0 Å². The standard InChI is InChI=1S/C19H20Br2FO2P/c1-3-4-5-6-12-8-10-14(21)17(16(12)22)24-19(23)15-13(20)9-7-11(2)18(15)25/h7-10H,3-6,25H2,1-2H3. The highest BCUT2D eigenvalue weighted by Crippen LogP contribution is 2.32. The van der Waals surface area contributed by atoms with Crippen LogP contribution in [0.4, 0.5) is 4.39 Å². The van der Waals surface area contributed by atoms with Gasteiger partial charge in [-0.15, -0.1) is 9.24 Å². The first-order valence-electron chi connectivity index (χ1n) is 8.10. The number of carbonyl (C=O) groups excluding carboxylic acids is 1. The van der Waals surface area contributed by atoms with Crippen LogP contribution in [-0.2, 0) is 6.42 Å². The average Bonchev–Trinajstić information content (AvgIpc) is 2.57. The summed E-state index contributed by atoms with van der Waals surface area (Å²) in [5.74, 6) is -1.13. The van der Waals surface area contributed by atoms with Gasteiger partial charge in [-0.25, -0.2) is 9.18 Å². The topological polar surface area (TPSA) is 26.3 Å². The largest absolute Gasteiger partial charge is 0.419 e. The molecule has 2 nitrogen and oxygen atoms in total. The molecule has 0 aliphatic rings. The van der Waals surface area contributed by atoms with E-state index >= 15 is 0 Å². The number of hydrogen-bond donors (Lipinski definition) is 0. The molecule has 0 aliphatic heterocycles. The second kappa shape index (κ2) is 9.25. The molecule has 1 unspecified atom stereocenters. The maximum Gasteiger partial charge on any atom is 0.345 e. The quantitative estimate of drug-likeness (QED) is 0.212. The third kappa shape index (κ3) is 4.90. The fourth-order valence-electron chi connectivity index (χ4n) is 2.47. The Morgan fingerprint density at radius 2 is 1.84 bits per heavy atom. The van der Waals surface area contributed by atoms with Gasteiger partial charge in [0, 0.05) is 4.47 Å². The molecule has 6 heteroatoms. The van der Waals surface area contributed by atoms with E-state index in [1.54, 1.807) is 18.2 Å². The fourth-order valence-corrected chi connectivity index (χ4v) is 3.95. The zero-order chi connectivity index (χ0) is 18.6. The van der Waals surface area contributed by atoms with E-state index in [9.17, 15) is 9.18 Å². The molecule has 0 saturated carbocycles. The third-order valence-corrected chi connectivity index (χ3v) is 6.02. The van der Waals surface area contributed by atoms with Gasteiger partial charge in [-0.3, -0.25) is 0 Å². The first-order valence-corrected chi connectivity index (χ1v) is 10.3. The molecule has 2 rings (SSSR count). The van der Waals surface area contributed by atoms with Gasteiger partial charge >= 0.3 is 5.97 Å². The van der Waals surface area contributed by atoms with Crippen LogP contribution in [0, 0.1) is 12.7 Å². The smallest absolute Gasteiger partial charge is 0.345 e. The molecule has 0 fully saturated rings. The SMILES string of the molecule is CCCCCc1ccc(Br)c(OC(=O)c2c(Br)ccc(C)c2P)c1F. The lowest BCUT2D eigenvalue weighted by molar-refractivity contribution is 0.0726. The molecule has 0 aliphatic carbocycles. The first kappa shape index (κ1) is 20.5. The van der Waals surface area contributed by atoms with Crippen LogP contribution >= 0.6 is 41.1 Å². The summed E-state index contributed by atoms with van der Waals surface area (Å²) < 4.78 is 21.3. The van der Waals surface area contributed by atoms with Crippen molar-refractivity contribution >= 4 is 52.4 Å². The van der Waals surface area contributed by atoms with E-state index in [1.807, 2.05) is 13.0 Å². The van der Waals surface area contributed by atoms with Crippen molar-refractivity contribution in [3.8, 4) is 5.75 Å². The van der Waals surface area contributed by atoms with Gasteiger partial charge in [0.1, 0.15) is 0 Å². The minimum Gasteiger partial charge on any atom is -0.419 e. The number of benzene rings is 2. The summed E-state index contributed by atoms with van der Waals surface area (Å²) in [7, 11) is 2.54. The minimum atomic E-state index is -0.592. The maximum absolute atomic E-state index is 14.8. The van der Waals surface area contributed by atoms with E-state index in [-0.39, 0.29) is 5.75 Å². The van der Waals surface area contributed by atoms with Crippen LogP contribution < -0.4 is 10.0 Å². The molecule has 0 amide bonds. The maximum atomic E-state index is 14.8. The first-order chi connectivity index (χ1) is 11.9. The Labute approximate surface area is 167 Å². The van der Waals surface area contributed by atoms with Crippen molar-refractivity contribution in [1.29, 1.82) is 0 Å². The van der Waals surface area contributed by atoms with Crippen molar-refractivity contribution in [3.05, 3.63) is 55.7 Å². The van der Waals surface area contributed by atoms with Crippen molar-refractivity contribution < 1.29 is 13.9 Å². The Bertz CT molecular complexity index is 793. The minimum absolute atomic E-state index is 0.0585. The highest BCUT2D eigenvalue weighted by Gasteiger charge is 2.21. The van der Waals surface area contributed by atoms with E-state index < -0.39 is 11.8 Å². The van der Waals surface area contributed by atoms with Crippen LogP contribution in [0.3, 0.4) is 0 Å². The molecular weight excluding hydrogens is 470 g/mol. The van der Waals surface area contributed by atoms with Crippen molar-refractivity contribution in [2.75, 3.05) is 0 Å². The van der Waals surface area contributed by atoms with Crippen LogP contribution in [0.15, 0.2) is 33.2 Å². The molecule has 0 saturated heterocycles. The number of hydrogen-bond acceptors (Lipinski definition) is 2. The summed E-state index contributed by atoms with van der Waals surface area (Å²) in [5, 5.41) is 0.731. The number of ether oxygens (including phenoxy) is 1. The highest BCUT2D eigenvalue weighted by molar-refractivity contribution is 9.10. The molecule has 0 bridgehead atoms. The third-order valence-electron chi connectivity index (χ3n) is 3.99. The van der Waals surface area contributed by atoms with Crippen molar-refractivity contribution in [2.45, 2.75) is 39.5 Å². The Morgan fingerprint density at radius 3 is 2.52 bits per heavy atom. The summed E-state index contributed by atoms with van der Waals surface area (Å²) >= 11 is 6.65. The normalized spacial score (nSPS) is 10.8. The lowest BCUT2D eigenvalue weighted by atomic mass is 10.1. The molecule has 0 radical (unpaired) electrons. The van der Waals surface area contributed by atoms with Crippen molar-refractivity contribution in [1.82, 2.24) is 0 Å². The molecule has 0 aromatic heterocycles. The average molecular weight is 490 g/mol. The zero-order valence-electron chi connectivity index (χ0n) is 14.2. The molecule has 1 atom stereocenters. The summed E-state index contributed by atoms with van der Waals surface area (Å²) in [5.41, 5.74) is 1.88. The summed E-state index contributed by atoms with van der Waals surface area (Å²) in [6, 6.07) is 7.13. The lowest BCUT2D eigenvalue weighted by Gasteiger charge is -2.14. The van der Waals surface area contributed by atoms with Crippen LogP contribution in [0.1, 0.15) is 47.7 Å². The molecule has 2 aromatic carbocycles. The summed E-state index contributed by atoms with van der Waals surface area (Å²) in [4.78, 5) is 12.6. The Morgan fingerprint density at radius 1 is 1.16 bits per heavy atom. The van der Waals surface area contributed by atoms with Gasteiger partial charge in [0.15, 0.2) is 11.6 Å². The Balaban J connectivity index is 2.32. The van der Waals surface area contributed by atoms with Gasteiger partial charge in [0.2, 0.25) is 0 Å². The lowest BCUT2D eigenvalue weighted by Crippen LogP contribution is -2.19. The van der Waals surface area contributed by atoms with Gasteiger partial charge < -0.3 is 4.74 Å². The van der Waals surface area contributed by atoms with Gasteiger partial charge in [0.05, 0.1) is 10.0 Å². The van der Waals surface area contributed by atoms with Gasteiger partial charge in [-0.05, 0) is 80.2 Å². The number of carbonyl (C=O) groups is 1. The van der Waals surface area contributed by atoms with E-state index in [2.05, 4.69) is 48.0 Å².